The number of fused-ring (bicyclic) bond motifs is 1. The highest BCUT2D eigenvalue weighted by Gasteiger charge is 2.27. The van der Waals surface area contributed by atoms with Gasteiger partial charge in [-0.3, -0.25) is 9.59 Å². The SMILES string of the molecule is O=C(NC1CCCCC1)N1CCN(C(=O)c2cc3ccccc3c(=O)[nH]2)CC1. The summed E-state index contributed by atoms with van der Waals surface area (Å²) in [6.45, 7) is 1.93. The van der Waals surface area contributed by atoms with Crippen LogP contribution in [0, 0.1) is 0 Å². The molecule has 1 aromatic heterocycles. The first kappa shape index (κ1) is 18.5. The number of rotatable bonds is 2. The molecule has 0 unspecified atom stereocenters. The van der Waals surface area contributed by atoms with Crippen molar-refractivity contribution in [2.45, 2.75) is 38.1 Å². The van der Waals surface area contributed by atoms with Gasteiger partial charge in [-0.05, 0) is 30.4 Å². The van der Waals surface area contributed by atoms with Crippen LogP contribution in [0.1, 0.15) is 42.6 Å². The lowest BCUT2D eigenvalue weighted by Gasteiger charge is -2.36. The first-order chi connectivity index (χ1) is 13.6. The van der Waals surface area contributed by atoms with E-state index >= 15 is 0 Å². The molecule has 1 aliphatic carbocycles. The predicted molar refractivity (Wildman–Crippen MR) is 107 cm³/mol. The summed E-state index contributed by atoms with van der Waals surface area (Å²) in [5.41, 5.74) is 0.0377. The van der Waals surface area contributed by atoms with Crippen LogP contribution in [-0.2, 0) is 0 Å². The smallest absolute Gasteiger partial charge is 0.317 e. The molecule has 7 heteroatoms. The normalized spacial score (nSPS) is 18.3. The number of aromatic amines is 1. The highest BCUT2D eigenvalue weighted by molar-refractivity contribution is 5.96. The quantitative estimate of drug-likeness (QED) is 0.836. The lowest BCUT2D eigenvalue weighted by atomic mass is 9.96. The van der Waals surface area contributed by atoms with Gasteiger partial charge in [-0.1, -0.05) is 37.5 Å². The van der Waals surface area contributed by atoms with Crippen molar-refractivity contribution in [1.29, 1.82) is 0 Å². The van der Waals surface area contributed by atoms with Gasteiger partial charge in [0.2, 0.25) is 0 Å². The number of amides is 3. The van der Waals surface area contributed by atoms with Crippen LogP contribution in [-0.4, -0.2) is 58.9 Å². The first-order valence-corrected chi connectivity index (χ1v) is 10.1. The molecule has 1 saturated heterocycles. The Labute approximate surface area is 163 Å². The van der Waals surface area contributed by atoms with Gasteiger partial charge in [0.1, 0.15) is 5.69 Å². The number of aromatic nitrogens is 1. The van der Waals surface area contributed by atoms with Gasteiger partial charge in [0, 0.05) is 37.6 Å². The highest BCUT2D eigenvalue weighted by Crippen LogP contribution is 2.18. The van der Waals surface area contributed by atoms with E-state index in [1.807, 2.05) is 12.1 Å². The van der Waals surface area contributed by atoms with Gasteiger partial charge in [-0.2, -0.15) is 0 Å². The summed E-state index contributed by atoms with van der Waals surface area (Å²) in [7, 11) is 0. The summed E-state index contributed by atoms with van der Waals surface area (Å²) in [5, 5.41) is 4.45. The Balaban J connectivity index is 1.37. The van der Waals surface area contributed by atoms with Crippen LogP contribution < -0.4 is 10.9 Å². The van der Waals surface area contributed by atoms with Crippen LogP contribution in [0.5, 0.6) is 0 Å². The van der Waals surface area contributed by atoms with E-state index in [0.717, 1.165) is 18.2 Å². The second-order valence-corrected chi connectivity index (χ2v) is 7.66. The monoisotopic (exact) mass is 382 g/mol. The van der Waals surface area contributed by atoms with E-state index in [1.54, 1.807) is 28.0 Å². The summed E-state index contributed by atoms with van der Waals surface area (Å²) in [4.78, 5) is 43.7. The molecule has 7 nitrogen and oxygen atoms in total. The van der Waals surface area contributed by atoms with Gasteiger partial charge in [-0.25, -0.2) is 4.79 Å². The van der Waals surface area contributed by atoms with Gasteiger partial charge in [0.05, 0.1) is 0 Å². The molecule has 148 valence electrons. The van der Waals surface area contributed by atoms with E-state index in [4.69, 9.17) is 0 Å². The summed E-state index contributed by atoms with van der Waals surface area (Å²) in [6, 6.07) is 9.19. The maximum atomic E-state index is 12.8. The molecule has 1 aromatic carbocycles. The number of urea groups is 1. The Morgan fingerprint density at radius 3 is 2.39 bits per heavy atom. The number of nitrogens with one attached hydrogen (secondary N) is 2. The molecule has 0 bridgehead atoms. The molecule has 2 aliphatic rings. The van der Waals surface area contributed by atoms with Crippen LogP contribution in [0.25, 0.3) is 10.8 Å². The zero-order chi connectivity index (χ0) is 19.5. The zero-order valence-electron chi connectivity index (χ0n) is 15.9. The molecule has 3 amide bonds. The fourth-order valence-electron chi connectivity index (χ4n) is 4.12. The lowest BCUT2D eigenvalue weighted by Crippen LogP contribution is -2.54. The Morgan fingerprint density at radius 2 is 1.64 bits per heavy atom. The fraction of sp³-hybridized carbons (Fsp3) is 0.476. The summed E-state index contributed by atoms with van der Waals surface area (Å²) in [5.74, 6) is -0.199. The van der Waals surface area contributed by atoms with Crippen molar-refractivity contribution in [1.82, 2.24) is 20.1 Å². The summed E-state index contributed by atoms with van der Waals surface area (Å²) < 4.78 is 0. The van der Waals surface area contributed by atoms with Gasteiger partial charge >= 0.3 is 6.03 Å². The van der Waals surface area contributed by atoms with Crippen molar-refractivity contribution in [3.05, 3.63) is 46.4 Å². The maximum Gasteiger partial charge on any atom is 0.317 e. The van der Waals surface area contributed by atoms with Gasteiger partial charge in [-0.15, -0.1) is 0 Å². The third-order valence-corrected chi connectivity index (χ3v) is 5.77. The molecular weight excluding hydrogens is 356 g/mol. The third-order valence-electron chi connectivity index (χ3n) is 5.77. The number of hydrogen-bond donors (Lipinski definition) is 2. The Morgan fingerprint density at radius 1 is 0.964 bits per heavy atom. The average molecular weight is 382 g/mol. The van der Waals surface area contributed by atoms with Crippen molar-refractivity contribution < 1.29 is 9.59 Å². The van der Waals surface area contributed by atoms with Crippen molar-refractivity contribution in [3.8, 4) is 0 Å². The topological polar surface area (TPSA) is 85.5 Å². The van der Waals surface area contributed by atoms with Crippen LogP contribution in [0.3, 0.4) is 0 Å². The Hall–Kier alpha value is -2.83. The van der Waals surface area contributed by atoms with Gasteiger partial charge in [0.15, 0.2) is 0 Å². The molecule has 1 saturated carbocycles. The number of pyridine rings is 1. The van der Waals surface area contributed by atoms with E-state index < -0.39 is 0 Å². The van der Waals surface area contributed by atoms with Crippen LogP contribution >= 0.6 is 0 Å². The minimum Gasteiger partial charge on any atom is -0.335 e. The number of carbonyl (C=O) groups excluding carboxylic acids is 2. The Kier molecular flexibility index (Phi) is 5.32. The molecule has 2 N–H and O–H groups in total. The number of nitrogens with zero attached hydrogens (tertiary/aromatic N) is 2. The Bertz CT molecular complexity index is 925. The fourth-order valence-corrected chi connectivity index (χ4v) is 4.12. The van der Waals surface area contributed by atoms with Crippen molar-refractivity contribution >= 4 is 22.7 Å². The number of H-pyrrole nitrogens is 1. The molecular formula is C21H26N4O3. The molecule has 1 aliphatic heterocycles. The molecule has 0 spiro atoms. The van der Waals surface area contributed by atoms with Crippen molar-refractivity contribution in [2.24, 2.45) is 0 Å². The van der Waals surface area contributed by atoms with E-state index in [-0.39, 0.29) is 23.5 Å². The summed E-state index contributed by atoms with van der Waals surface area (Å²) >= 11 is 0. The molecule has 4 rings (SSSR count). The van der Waals surface area contributed by atoms with Gasteiger partial charge in [0.25, 0.3) is 11.5 Å². The van der Waals surface area contributed by atoms with E-state index in [1.165, 1.54) is 19.3 Å². The maximum absolute atomic E-state index is 12.8. The van der Waals surface area contributed by atoms with Crippen molar-refractivity contribution in [3.63, 3.8) is 0 Å². The lowest BCUT2D eigenvalue weighted by molar-refractivity contribution is 0.0656. The summed E-state index contributed by atoms with van der Waals surface area (Å²) in [6.07, 6.45) is 5.72. The number of benzene rings is 1. The van der Waals surface area contributed by atoms with Crippen LogP contribution in [0.15, 0.2) is 35.1 Å². The van der Waals surface area contributed by atoms with E-state index in [9.17, 15) is 14.4 Å². The molecule has 2 heterocycles. The predicted octanol–water partition coefficient (Wildman–Crippen LogP) is 2.33. The average Bonchev–Trinajstić information content (AvgIpc) is 2.74. The largest absolute Gasteiger partial charge is 0.335 e. The standard InChI is InChI=1S/C21H26N4O3/c26-19-17-9-5-4-6-15(17)14-18(23-19)20(27)24-10-12-25(13-11-24)21(28)22-16-7-2-1-3-8-16/h4-6,9,14,16H,1-3,7-8,10-13H2,(H,22,28)(H,23,26). The molecule has 2 aromatic rings. The minimum absolute atomic E-state index is 0.0295. The molecule has 0 radical (unpaired) electrons. The number of carbonyl (C=O) groups is 2. The third kappa shape index (κ3) is 3.88. The van der Waals surface area contributed by atoms with Crippen LogP contribution in [0.2, 0.25) is 0 Å². The number of piperazine rings is 1. The van der Waals surface area contributed by atoms with Gasteiger partial charge < -0.3 is 20.1 Å². The second-order valence-electron chi connectivity index (χ2n) is 7.66. The minimum atomic E-state index is -0.257. The molecule has 2 fully saturated rings. The second kappa shape index (κ2) is 8.04. The zero-order valence-corrected chi connectivity index (χ0v) is 15.9. The van der Waals surface area contributed by atoms with Crippen LogP contribution in [0.4, 0.5) is 4.79 Å². The van der Waals surface area contributed by atoms with Crippen molar-refractivity contribution in [2.75, 3.05) is 26.2 Å². The molecule has 28 heavy (non-hydrogen) atoms. The van der Waals surface area contributed by atoms with E-state index in [0.29, 0.717) is 37.3 Å². The van der Waals surface area contributed by atoms with E-state index in [2.05, 4.69) is 10.3 Å². The number of hydrogen-bond acceptors (Lipinski definition) is 3. The first-order valence-electron chi connectivity index (χ1n) is 10.1. The molecule has 0 atom stereocenters. The highest BCUT2D eigenvalue weighted by atomic mass is 16.2.